The van der Waals surface area contributed by atoms with E-state index < -0.39 is 0 Å². The fourth-order valence-corrected chi connectivity index (χ4v) is 4.61. The standard InChI is InChI=1S/C19H21N7/c1-11-5-13(19-22-24-25-23-19)6-12(2)16(11)9-26-14-3-4-18(26)15-8-20-10-21-17(15)7-14/h5-6,8,10,14,18H,3-4,7,9H2,1-2H3,(H,22,23,24,25). The van der Waals surface area contributed by atoms with Crippen molar-refractivity contribution in [3.05, 3.63) is 52.6 Å². The number of nitrogens with one attached hydrogen (secondary N) is 1. The van der Waals surface area contributed by atoms with E-state index in [-0.39, 0.29) is 0 Å². The lowest BCUT2D eigenvalue weighted by molar-refractivity contribution is 0.165. The molecule has 0 aliphatic carbocycles. The third-order valence-corrected chi connectivity index (χ3v) is 5.90. The van der Waals surface area contributed by atoms with Gasteiger partial charge in [-0.05, 0) is 60.7 Å². The Hall–Kier alpha value is -2.67. The summed E-state index contributed by atoms with van der Waals surface area (Å²) in [4.78, 5) is 11.4. The molecule has 7 nitrogen and oxygen atoms in total. The lowest BCUT2D eigenvalue weighted by Crippen LogP contribution is -2.37. The highest BCUT2D eigenvalue weighted by atomic mass is 15.5. The maximum atomic E-state index is 4.52. The van der Waals surface area contributed by atoms with Crippen LogP contribution in [0.4, 0.5) is 0 Å². The number of H-pyrrole nitrogens is 1. The molecule has 2 aliphatic heterocycles. The van der Waals surface area contributed by atoms with Gasteiger partial charge in [-0.1, -0.05) is 0 Å². The van der Waals surface area contributed by atoms with E-state index >= 15 is 0 Å². The largest absolute Gasteiger partial charge is 0.289 e. The summed E-state index contributed by atoms with van der Waals surface area (Å²) in [5.41, 5.74) is 7.52. The highest BCUT2D eigenvalue weighted by Gasteiger charge is 2.40. The first kappa shape index (κ1) is 15.6. The quantitative estimate of drug-likeness (QED) is 0.784. The normalized spacial score (nSPS) is 21.8. The lowest BCUT2D eigenvalue weighted by atomic mass is 9.95. The number of hydrogen-bond acceptors (Lipinski definition) is 6. The molecule has 132 valence electrons. The molecule has 0 amide bonds. The Bertz CT molecular complexity index is 927. The van der Waals surface area contributed by atoms with Gasteiger partial charge in [0.25, 0.3) is 0 Å². The Morgan fingerprint density at radius 1 is 1.19 bits per heavy atom. The molecular formula is C19H21N7. The minimum atomic E-state index is 0.445. The Labute approximate surface area is 151 Å². The molecule has 26 heavy (non-hydrogen) atoms. The molecule has 0 saturated carbocycles. The fraction of sp³-hybridized carbons (Fsp3) is 0.421. The van der Waals surface area contributed by atoms with Gasteiger partial charge in [-0.25, -0.2) is 9.97 Å². The van der Waals surface area contributed by atoms with E-state index in [1.807, 2.05) is 6.20 Å². The molecule has 1 saturated heterocycles. The van der Waals surface area contributed by atoms with Crippen molar-refractivity contribution in [2.45, 2.75) is 51.7 Å². The minimum Gasteiger partial charge on any atom is -0.289 e. The molecule has 2 aromatic heterocycles. The Kier molecular flexibility index (Phi) is 3.56. The summed E-state index contributed by atoms with van der Waals surface area (Å²) in [6, 6.07) is 5.35. The monoisotopic (exact) mass is 347 g/mol. The van der Waals surface area contributed by atoms with Gasteiger partial charge in [-0.15, -0.1) is 10.2 Å². The van der Waals surface area contributed by atoms with Gasteiger partial charge in [0.15, 0.2) is 0 Å². The summed E-state index contributed by atoms with van der Waals surface area (Å²) in [6.45, 7) is 5.32. The molecule has 1 N–H and O–H groups in total. The highest BCUT2D eigenvalue weighted by molar-refractivity contribution is 5.58. The number of benzene rings is 1. The van der Waals surface area contributed by atoms with Gasteiger partial charge in [0.05, 0.1) is 5.69 Å². The molecule has 3 aromatic rings. The van der Waals surface area contributed by atoms with Crippen molar-refractivity contribution < 1.29 is 0 Å². The highest BCUT2D eigenvalue weighted by Crippen LogP contribution is 2.44. The van der Waals surface area contributed by atoms with E-state index in [0.29, 0.717) is 17.9 Å². The number of aromatic amines is 1. The van der Waals surface area contributed by atoms with E-state index in [4.69, 9.17) is 0 Å². The smallest absolute Gasteiger partial charge is 0.204 e. The predicted octanol–water partition coefficient (Wildman–Crippen LogP) is 2.54. The number of aryl methyl sites for hydroxylation is 2. The number of tetrazole rings is 1. The first-order valence-corrected chi connectivity index (χ1v) is 9.09. The zero-order valence-electron chi connectivity index (χ0n) is 15.0. The molecule has 2 aliphatic rings. The Balaban J connectivity index is 1.47. The van der Waals surface area contributed by atoms with Crippen LogP contribution in [0.1, 0.15) is 46.8 Å². The van der Waals surface area contributed by atoms with E-state index in [9.17, 15) is 0 Å². The topological polar surface area (TPSA) is 83.5 Å². The van der Waals surface area contributed by atoms with Crippen LogP contribution >= 0.6 is 0 Å². The summed E-state index contributed by atoms with van der Waals surface area (Å²) in [6.07, 6.45) is 7.16. The van der Waals surface area contributed by atoms with Crippen LogP contribution in [-0.4, -0.2) is 41.5 Å². The number of fused-ring (bicyclic) bond motifs is 4. The molecule has 1 fully saturated rings. The van der Waals surface area contributed by atoms with Crippen molar-refractivity contribution in [2.24, 2.45) is 0 Å². The third kappa shape index (κ3) is 2.42. The average molecular weight is 347 g/mol. The van der Waals surface area contributed by atoms with Crippen LogP contribution in [0.15, 0.2) is 24.7 Å². The lowest BCUT2D eigenvalue weighted by Gasteiger charge is -2.36. The minimum absolute atomic E-state index is 0.445. The fourth-order valence-electron chi connectivity index (χ4n) is 4.61. The van der Waals surface area contributed by atoms with Crippen molar-refractivity contribution in [3.63, 3.8) is 0 Å². The predicted molar refractivity (Wildman–Crippen MR) is 96.1 cm³/mol. The molecule has 0 spiro atoms. The molecule has 2 bridgehead atoms. The summed E-state index contributed by atoms with van der Waals surface area (Å²) in [5, 5.41) is 14.4. The number of hydrogen-bond donors (Lipinski definition) is 1. The summed E-state index contributed by atoms with van der Waals surface area (Å²) < 4.78 is 0. The second-order valence-corrected chi connectivity index (χ2v) is 7.37. The molecule has 2 atom stereocenters. The average Bonchev–Trinajstić information content (AvgIpc) is 3.26. The number of rotatable bonds is 3. The van der Waals surface area contributed by atoms with E-state index in [0.717, 1.165) is 18.5 Å². The van der Waals surface area contributed by atoms with Crippen molar-refractivity contribution in [1.29, 1.82) is 0 Å². The van der Waals surface area contributed by atoms with Crippen LogP contribution in [0.25, 0.3) is 11.4 Å². The van der Waals surface area contributed by atoms with Crippen LogP contribution in [0.5, 0.6) is 0 Å². The van der Waals surface area contributed by atoms with Crippen molar-refractivity contribution in [1.82, 2.24) is 35.5 Å². The zero-order valence-corrected chi connectivity index (χ0v) is 15.0. The third-order valence-electron chi connectivity index (χ3n) is 5.90. The van der Waals surface area contributed by atoms with E-state index in [1.165, 1.54) is 40.8 Å². The van der Waals surface area contributed by atoms with E-state index in [1.54, 1.807) is 6.33 Å². The van der Waals surface area contributed by atoms with Crippen LogP contribution < -0.4 is 0 Å². The second kappa shape index (κ2) is 5.95. The molecule has 4 heterocycles. The molecular weight excluding hydrogens is 326 g/mol. The molecule has 2 unspecified atom stereocenters. The van der Waals surface area contributed by atoms with Crippen LogP contribution in [0.2, 0.25) is 0 Å². The van der Waals surface area contributed by atoms with Crippen LogP contribution in [-0.2, 0) is 13.0 Å². The van der Waals surface area contributed by atoms with Crippen LogP contribution in [0.3, 0.4) is 0 Å². The first-order valence-electron chi connectivity index (χ1n) is 9.09. The first-order chi connectivity index (χ1) is 12.7. The van der Waals surface area contributed by atoms with Crippen molar-refractivity contribution >= 4 is 0 Å². The molecule has 5 rings (SSSR count). The Morgan fingerprint density at radius 2 is 2.04 bits per heavy atom. The van der Waals surface area contributed by atoms with Crippen molar-refractivity contribution in [3.8, 4) is 11.4 Å². The van der Waals surface area contributed by atoms with Gasteiger partial charge >= 0.3 is 0 Å². The molecule has 0 radical (unpaired) electrons. The van der Waals surface area contributed by atoms with Gasteiger partial charge < -0.3 is 0 Å². The van der Waals surface area contributed by atoms with E-state index in [2.05, 4.69) is 61.5 Å². The van der Waals surface area contributed by atoms with Crippen molar-refractivity contribution in [2.75, 3.05) is 0 Å². The SMILES string of the molecule is Cc1cc(-c2nn[nH]n2)cc(C)c1CN1C2CCC1c1cncnc1C2. The number of aromatic nitrogens is 6. The van der Waals surface area contributed by atoms with Gasteiger partial charge in [-0.3, -0.25) is 4.90 Å². The van der Waals surface area contributed by atoms with Gasteiger partial charge in [0, 0.05) is 42.4 Å². The molecule has 7 heteroatoms. The van der Waals surface area contributed by atoms with Crippen LogP contribution in [0, 0.1) is 13.8 Å². The Morgan fingerprint density at radius 3 is 2.81 bits per heavy atom. The maximum Gasteiger partial charge on any atom is 0.204 e. The summed E-state index contributed by atoms with van der Waals surface area (Å²) in [5.74, 6) is 0.645. The van der Waals surface area contributed by atoms with Gasteiger partial charge in [0.2, 0.25) is 5.82 Å². The second-order valence-electron chi connectivity index (χ2n) is 7.37. The van der Waals surface area contributed by atoms with Gasteiger partial charge in [-0.2, -0.15) is 5.21 Å². The molecule has 1 aromatic carbocycles. The van der Waals surface area contributed by atoms with Gasteiger partial charge in [0.1, 0.15) is 6.33 Å². The summed E-state index contributed by atoms with van der Waals surface area (Å²) >= 11 is 0. The zero-order chi connectivity index (χ0) is 17.7. The maximum absolute atomic E-state index is 4.52. The number of nitrogens with zero attached hydrogens (tertiary/aromatic N) is 6. The summed E-state index contributed by atoms with van der Waals surface area (Å²) in [7, 11) is 0.